The first-order chi connectivity index (χ1) is 14.9. The normalized spacial score (nSPS) is 27.0. The number of fused-ring (bicyclic) bond motifs is 5. The molecule has 1 aromatic rings. The average molecular weight is 555 g/mol. The van der Waals surface area contributed by atoms with E-state index in [-0.39, 0.29) is 65.4 Å². The number of carbonyl (C=O) groups is 2. The lowest BCUT2D eigenvalue weighted by molar-refractivity contribution is -0.140. The summed E-state index contributed by atoms with van der Waals surface area (Å²) in [5.41, 5.74) is 2.02. The number of nitrogens with one attached hydrogen (secondary N) is 2. The molecule has 2 aliphatic carbocycles. The number of nitrogens with zero attached hydrogens (tertiary/aromatic N) is 3. The number of hydrogen-bond acceptors (Lipinski definition) is 5. The van der Waals surface area contributed by atoms with Gasteiger partial charge in [0.05, 0.1) is 17.5 Å². The fraction of sp³-hybridized carbons (Fsp3) is 0.652. The summed E-state index contributed by atoms with van der Waals surface area (Å²) in [6.07, 6.45) is 5.93. The maximum absolute atomic E-state index is 12.8. The van der Waals surface area contributed by atoms with E-state index in [0.29, 0.717) is 26.1 Å². The van der Waals surface area contributed by atoms with Crippen molar-refractivity contribution < 1.29 is 14.1 Å². The van der Waals surface area contributed by atoms with Gasteiger partial charge in [-0.3, -0.25) is 19.5 Å². The van der Waals surface area contributed by atoms with Gasteiger partial charge < -0.3 is 15.2 Å². The zero-order valence-corrected chi connectivity index (χ0v) is 21.6. The Morgan fingerprint density at radius 2 is 1.88 bits per heavy atom. The molecule has 0 spiro atoms. The highest BCUT2D eigenvalue weighted by molar-refractivity contribution is 14.0. The SMILES string of the molecule is CCNC(=NCC(C)c1c(C)noc1C)NCCCN1C(=O)C2C3C=CC(C3)C2C1=O.I. The van der Waals surface area contributed by atoms with Crippen molar-refractivity contribution in [3.05, 3.63) is 29.2 Å². The predicted octanol–water partition coefficient (Wildman–Crippen LogP) is 2.77. The van der Waals surface area contributed by atoms with Crippen LogP contribution in [-0.2, 0) is 9.59 Å². The monoisotopic (exact) mass is 555 g/mol. The number of aliphatic imine (C=N–C) groups is 1. The summed E-state index contributed by atoms with van der Waals surface area (Å²) in [5.74, 6) is 2.14. The molecule has 1 saturated heterocycles. The lowest BCUT2D eigenvalue weighted by Crippen LogP contribution is -2.40. The number of guanidine groups is 1. The van der Waals surface area contributed by atoms with Crippen LogP contribution in [0.25, 0.3) is 0 Å². The molecular weight excluding hydrogens is 521 g/mol. The molecular formula is C23H34IN5O3. The maximum Gasteiger partial charge on any atom is 0.233 e. The van der Waals surface area contributed by atoms with E-state index in [1.165, 1.54) is 4.90 Å². The molecule has 3 aliphatic rings. The van der Waals surface area contributed by atoms with Crippen LogP contribution in [0.5, 0.6) is 0 Å². The molecule has 0 radical (unpaired) electrons. The van der Waals surface area contributed by atoms with Crippen LogP contribution in [-0.4, -0.2) is 54.0 Å². The van der Waals surface area contributed by atoms with Crippen molar-refractivity contribution in [2.75, 3.05) is 26.2 Å². The van der Waals surface area contributed by atoms with Gasteiger partial charge in [-0.1, -0.05) is 24.2 Å². The fourth-order valence-electron chi connectivity index (χ4n) is 5.48. The summed E-state index contributed by atoms with van der Waals surface area (Å²) in [7, 11) is 0. The minimum absolute atomic E-state index is 0. The van der Waals surface area contributed by atoms with Crippen LogP contribution in [0.1, 0.15) is 49.6 Å². The number of aromatic nitrogens is 1. The van der Waals surface area contributed by atoms with Gasteiger partial charge in [0.1, 0.15) is 5.76 Å². The Morgan fingerprint density at radius 1 is 1.22 bits per heavy atom. The van der Waals surface area contributed by atoms with Gasteiger partial charge in [-0.05, 0) is 45.4 Å². The molecule has 1 aromatic heterocycles. The van der Waals surface area contributed by atoms with E-state index in [2.05, 4.69) is 34.9 Å². The van der Waals surface area contributed by atoms with Crippen LogP contribution < -0.4 is 10.6 Å². The van der Waals surface area contributed by atoms with E-state index in [0.717, 1.165) is 35.9 Å². The molecule has 2 amide bonds. The van der Waals surface area contributed by atoms with E-state index < -0.39 is 0 Å². The van der Waals surface area contributed by atoms with Crippen molar-refractivity contribution in [3.8, 4) is 0 Å². The third-order valence-electron chi connectivity index (χ3n) is 6.86. The van der Waals surface area contributed by atoms with Crippen LogP contribution >= 0.6 is 24.0 Å². The van der Waals surface area contributed by atoms with E-state index in [4.69, 9.17) is 9.52 Å². The summed E-state index contributed by atoms with van der Waals surface area (Å²) >= 11 is 0. The number of allylic oxidation sites excluding steroid dienone is 2. The molecule has 8 nitrogen and oxygen atoms in total. The first kappa shape index (κ1) is 24.7. The van der Waals surface area contributed by atoms with E-state index in [1.54, 1.807) is 0 Å². The number of likely N-dealkylation sites (tertiary alicyclic amines) is 1. The Hall–Kier alpha value is -1.91. The number of amides is 2. The van der Waals surface area contributed by atoms with Crippen LogP contribution in [0.2, 0.25) is 0 Å². The highest BCUT2D eigenvalue weighted by Gasteiger charge is 2.58. The third-order valence-corrected chi connectivity index (χ3v) is 6.86. The van der Waals surface area contributed by atoms with Gasteiger partial charge in [0, 0.05) is 37.7 Å². The predicted molar refractivity (Wildman–Crippen MR) is 133 cm³/mol. The molecule has 2 fully saturated rings. The Bertz CT molecular complexity index is 862. The lowest BCUT2D eigenvalue weighted by atomic mass is 9.85. The highest BCUT2D eigenvalue weighted by atomic mass is 127. The maximum atomic E-state index is 12.8. The fourth-order valence-corrected chi connectivity index (χ4v) is 5.48. The first-order valence-corrected chi connectivity index (χ1v) is 11.4. The summed E-state index contributed by atoms with van der Waals surface area (Å²) in [6.45, 7) is 10.5. The third kappa shape index (κ3) is 4.58. The second kappa shape index (κ2) is 10.4. The Labute approximate surface area is 206 Å². The molecule has 2 bridgehead atoms. The Kier molecular flexibility index (Phi) is 8.00. The van der Waals surface area contributed by atoms with Crippen molar-refractivity contribution in [3.63, 3.8) is 0 Å². The zero-order chi connectivity index (χ0) is 22.1. The van der Waals surface area contributed by atoms with Crippen molar-refractivity contribution in [2.24, 2.45) is 28.7 Å². The van der Waals surface area contributed by atoms with Gasteiger partial charge >= 0.3 is 0 Å². The largest absolute Gasteiger partial charge is 0.361 e. The minimum Gasteiger partial charge on any atom is -0.361 e. The van der Waals surface area contributed by atoms with Crippen LogP contribution in [0.4, 0.5) is 0 Å². The first-order valence-electron chi connectivity index (χ1n) is 11.4. The van der Waals surface area contributed by atoms with Gasteiger partial charge in [0.15, 0.2) is 5.96 Å². The molecule has 5 unspecified atom stereocenters. The molecule has 32 heavy (non-hydrogen) atoms. The molecule has 2 N–H and O–H groups in total. The minimum atomic E-state index is -0.111. The number of halogens is 1. The number of hydrogen-bond donors (Lipinski definition) is 2. The van der Waals surface area contributed by atoms with Gasteiger partial charge in [0.25, 0.3) is 0 Å². The van der Waals surface area contributed by atoms with Crippen LogP contribution in [0.3, 0.4) is 0 Å². The molecule has 0 aromatic carbocycles. The van der Waals surface area contributed by atoms with Crippen LogP contribution in [0, 0.1) is 37.5 Å². The summed E-state index contributed by atoms with van der Waals surface area (Å²) < 4.78 is 5.27. The number of carbonyl (C=O) groups excluding carboxylic acids is 2. The van der Waals surface area contributed by atoms with Crippen molar-refractivity contribution in [1.82, 2.24) is 20.7 Å². The van der Waals surface area contributed by atoms with Crippen molar-refractivity contribution >= 4 is 41.8 Å². The van der Waals surface area contributed by atoms with Gasteiger partial charge in [0.2, 0.25) is 11.8 Å². The molecule has 1 saturated carbocycles. The second-order valence-corrected chi connectivity index (χ2v) is 8.97. The van der Waals surface area contributed by atoms with Crippen molar-refractivity contribution in [2.45, 2.75) is 46.5 Å². The summed E-state index contributed by atoms with van der Waals surface area (Å²) in [5, 5.41) is 10.6. The topological polar surface area (TPSA) is 99.8 Å². The van der Waals surface area contributed by atoms with E-state index in [1.807, 2.05) is 20.8 Å². The molecule has 9 heteroatoms. The molecule has 4 rings (SSSR count). The lowest BCUT2D eigenvalue weighted by Gasteiger charge is -2.18. The van der Waals surface area contributed by atoms with Gasteiger partial charge in [-0.25, -0.2) is 0 Å². The molecule has 2 heterocycles. The standard InChI is InChI=1S/C23H33N5O3.HI/c1-5-24-23(26-12-13(2)18-14(3)27-31-15(18)4)25-9-6-10-28-21(29)19-16-7-8-17(11-16)20(19)22(28)30;/h7-8,13,16-17,19-20H,5-6,9-12H2,1-4H3,(H2,24,25,26);1H. The number of aryl methyl sites for hydroxylation is 2. The second-order valence-electron chi connectivity index (χ2n) is 8.97. The van der Waals surface area contributed by atoms with Gasteiger partial charge in [-0.15, -0.1) is 24.0 Å². The highest BCUT2D eigenvalue weighted by Crippen LogP contribution is 2.52. The molecule has 176 valence electrons. The average Bonchev–Trinajstić information content (AvgIpc) is 3.49. The Balaban J connectivity index is 0.00000289. The summed E-state index contributed by atoms with van der Waals surface area (Å²) in [6, 6.07) is 0. The van der Waals surface area contributed by atoms with E-state index >= 15 is 0 Å². The zero-order valence-electron chi connectivity index (χ0n) is 19.3. The summed E-state index contributed by atoms with van der Waals surface area (Å²) in [4.78, 5) is 31.7. The smallest absolute Gasteiger partial charge is 0.233 e. The van der Waals surface area contributed by atoms with Crippen LogP contribution in [0.15, 0.2) is 21.7 Å². The number of imide groups is 1. The number of rotatable bonds is 8. The van der Waals surface area contributed by atoms with E-state index in [9.17, 15) is 9.59 Å². The van der Waals surface area contributed by atoms with Gasteiger partial charge in [-0.2, -0.15) is 0 Å². The Morgan fingerprint density at radius 3 is 2.44 bits per heavy atom. The molecule has 5 atom stereocenters. The molecule has 1 aliphatic heterocycles. The quantitative estimate of drug-likeness (QED) is 0.128. The van der Waals surface area contributed by atoms with Crippen molar-refractivity contribution in [1.29, 1.82) is 0 Å².